The Morgan fingerprint density at radius 1 is 1.16 bits per heavy atom. The van der Waals surface area contributed by atoms with Crippen LogP contribution < -0.4 is 15.0 Å². The van der Waals surface area contributed by atoms with Crippen molar-refractivity contribution in [3.8, 4) is 5.75 Å². The molecule has 7 heteroatoms. The van der Waals surface area contributed by atoms with E-state index in [9.17, 15) is 9.59 Å². The summed E-state index contributed by atoms with van der Waals surface area (Å²) in [4.78, 5) is 27.3. The van der Waals surface area contributed by atoms with Gasteiger partial charge in [0.25, 0.3) is 5.91 Å². The summed E-state index contributed by atoms with van der Waals surface area (Å²) in [5.74, 6) is 0.471. The van der Waals surface area contributed by atoms with E-state index in [-0.39, 0.29) is 11.8 Å². The minimum atomic E-state index is -0.220. The number of carbonyl (C=O) groups is 2. The van der Waals surface area contributed by atoms with Crippen LogP contribution in [0.2, 0.25) is 0 Å². The lowest BCUT2D eigenvalue weighted by Crippen LogP contribution is -2.35. The van der Waals surface area contributed by atoms with Crippen molar-refractivity contribution in [1.29, 1.82) is 0 Å². The largest absolute Gasteiger partial charge is 0.495 e. The highest BCUT2D eigenvalue weighted by atomic mass is 16.5. The summed E-state index contributed by atoms with van der Waals surface area (Å²) in [6.07, 6.45) is 4.69. The van der Waals surface area contributed by atoms with Gasteiger partial charge in [0.15, 0.2) is 0 Å². The lowest BCUT2D eigenvalue weighted by Gasteiger charge is -2.28. The van der Waals surface area contributed by atoms with Gasteiger partial charge in [-0.15, -0.1) is 0 Å². The van der Waals surface area contributed by atoms with E-state index in [2.05, 4.69) is 10.4 Å². The average molecular weight is 433 g/mol. The molecule has 32 heavy (non-hydrogen) atoms. The Morgan fingerprint density at radius 2 is 1.97 bits per heavy atom. The normalized spacial score (nSPS) is 13.8. The number of carbonyl (C=O) groups excluding carboxylic acids is 2. The molecule has 1 aliphatic heterocycles. The molecule has 1 N–H and O–H groups in total. The summed E-state index contributed by atoms with van der Waals surface area (Å²) in [5, 5.41) is 7.43. The van der Waals surface area contributed by atoms with Crippen molar-refractivity contribution < 1.29 is 14.3 Å². The second kappa shape index (κ2) is 9.68. The first-order valence-electron chi connectivity index (χ1n) is 11.0. The molecule has 0 spiro atoms. The van der Waals surface area contributed by atoms with Crippen LogP contribution >= 0.6 is 0 Å². The van der Waals surface area contributed by atoms with Gasteiger partial charge in [-0.2, -0.15) is 5.10 Å². The van der Waals surface area contributed by atoms with E-state index in [1.54, 1.807) is 36.4 Å². The first-order valence-corrected chi connectivity index (χ1v) is 11.0. The van der Waals surface area contributed by atoms with E-state index in [0.29, 0.717) is 48.6 Å². The summed E-state index contributed by atoms with van der Waals surface area (Å²) in [7, 11) is 1.58. The highest BCUT2D eigenvalue weighted by Gasteiger charge is 2.23. The predicted molar refractivity (Wildman–Crippen MR) is 124 cm³/mol. The van der Waals surface area contributed by atoms with Gasteiger partial charge >= 0.3 is 0 Å². The van der Waals surface area contributed by atoms with Gasteiger partial charge in [-0.1, -0.05) is 37.3 Å². The van der Waals surface area contributed by atoms with Crippen molar-refractivity contribution in [3.05, 3.63) is 71.5 Å². The van der Waals surface area contributed by atoms with E-state index < -0.39 is 0 Å². The second-order valence-corrected chi connectivity index (χ2v) is 7.84. The Labute approximate surface area is 188 Å². The van der Waals surface area contributed by atoms with Crippen LogP contribution in [0.4, 0.5) is 11.4 Å². The van der Waals surface area contributed by atoms with Gasteiger partial charge in [0.2, 0.25) is 5.91 Å². The van der Waals surface area contributed by atoms with Gasteiger partial charge in [-0.05, 0) is 43.0 Å². The molecule has 0 atom stereocenters. The number of anilines is 2. The fourth-order valence-corrected chi connectivity index (χ4v) is 4.10. The molecule has 0 radical (unpaired) electrons. The third-order valence-corrected chi connectivity index (χ3v) is 5.75. The molecule has 4 rings (SSSR count). The maximum atomic E-state index is 13.1. The van der Waals surface area contributed by atoms with Gasteiger partial charge in [0, 0.05) is 18.7 Å². The topological polar surface area (TPSA) is 76.5 Å². The monoisotopic (exact) mass is 432 g/mol. The van der Waals surface area contributed by atoms with Crippen LogP contribution in [0.25, 0.3) is 0 Å². The highest BCUT2D eigenvalue weighted by molar-refractivity contribution is 6.05. The van der Waals surface area contributed by atoms with E-state index in [1.807, 2.05) is 41.9 Å². The van der Waals surface area contributed by atoms with E-state index >= 15 is 0 Å². The third-order valence-electron chi connectivity index (χ3n) is 5.75. The predicted octanol–water partition coefficient (Wildman–Crippen LogP) is 4.27. The zero-order chi connectivity index (χ0) is 22.5. The van der Waals surface area contributed by atoms with Gasteiger partial charge in [-0.25, -0.2) is 0 Å². The fraction of sp³-hybridized carbons (Fsp3) is 0.320. The number of amides is 2. The van der Waals surface area contributed by atoms with E-state index in [0.717, 1.165) is 24.1 Å². The molecule has 7 nitrogen and oxygen atoms in total. The summed E-state index contributed by atoms with van der Waals surface area (Å²) in [6.45, 7) is 3.28. The van der Waals surface area contributed by atoms with Gasteiger partial charge < -0.3 is 15.0 Å². The zero-order valence-corrected chi connectivity index (χ0v) is 18.5. The lowest BCUT2D eigenvalue weighted by molar-refractivity contribution is -0.119. The van der Waals surface area contributed by atoms with Gasteiger partial charge in [0.05, 0.1) is 36.8 Å². The van der Waals surface area contributed by atoms with Crippen LogP contribution in [0.3, 0.4) is 0 Å². The number of hydrogen-bond donors (Lipinski definition) is 1. The Hall–Kier alpha value is -3.61. The maximum absolute atomic E-state index is 13.1. The first kappa shape index (κ1) is 21.6. The van der Waals surface area contributed by atoms with Crippen molar-refractivity contribution >= 4 is 23.2 Å². The van der Waals surface area contributed by atoms with Crippen LogP contribution in [0.15, 0.2) is 54.7 Å². The number of aromatic nitrogens is 2. The van der Waals surface area contributed by atoms with Crippen molar-refractivity contribution in [1.82, 2.24) is 9.78 Å². The second-order valence-electron chi connectivity index (χ2n) is 7.84. The molecule has 1 fully saturated rings. The molecule has 1 saturated heterocycles. The van der Waals surface area contributed by atoms with Gasteiger partial charge in [-0.3, -0.25) is 14.3 Å². The average Bonchev–Trinajstić information content (AvgIpc) is 3.22. The number of ether oxygens (including phenoxy) is 1. The number of nitrogens with one attached hydrogen (secondary N) is 1. The van der Waals surface area contributed by atoms with Crippen LogP contribution in [-0.2, 0) is 17.8 Å². The third kappa shape index (κ3) is 4.51. The molecule has 2 heterocycles. The summed E-state index contributed by atoms with van der Waals surface area (Å²) < 4.78 is 7.34. The summed E-state index contributed by atoms with van der Waals surface area (Å²) in [6, 6.07) is 15.4. The number of rotatable bonds is 7. The smallest absolute Gasteiger partial charge is 0.259 e. The molecule has 0 aliphatic carbocycles. The number of hydrogen-bond acceptors (Lipinski definition) is 4. The Balaban J connectivity index is 1.56. The van der Waals surface area contributed by atoms with Crippen LogP contribution in [-0.4, -0.2) is 35.2 Å². The Kier molecular flexibility index (Phi) is 6.54. The number of benzene rings is 2. The Bertz CT molecular complexity index is 1110. The molecule has 0 unspecified atom stereocenters. The maximum Gasteiger partial charge on any atom is 0.259 e. The zero-order valence-electron chi connectivity index (χ0n) is 18.5. The first-order chi connectivity index (χ1) is 15.6. The quantitative estimate of drug-likeness (QED) is 0.605. The van der Waals surface area contributed by atoms with Crippen molar-refractivity contribution in [2.45, 2.75) is 39.2 Å². The van der Waals surface area contributed by atoms with E-state index in [1.165, 1.54) is 0 Å². The summed E-state index contributed by atoms with van der Waals surface area (Å²) in [5.41, 5.74) is 3.86. The molecular weight excluding hydrogens is 404 g/mol. The summed E-state index contributed by atoms with van der Waals surface area (Å²) >= 11 is 0. The number of piperidine rings is 1. The molecule has 3 aromatic rings. The minimum absolute atomic E-state index is 0.0773. The van der Waals surface area contributed by atoms with Crippen LogP contribution in [0.5, 0.6) is 5.75 Å². The highest BCUT2D eigenvalue weighted by Crippen LogP contribution is 2.33. The van der Waals surface area contributed by atoms with Crippen molar-refractivity contribution in [2.24, 2.45) is 0 Å². The van der Waals surface area contributed by atoms with Crippen LogP contribution in [0, 0.1) is 0 Å². The standard InChI is InChI=1S/C25H28N4O3/c1-3-21-20(16-26-29(21)17-18-9-5-4-6-10-18)25(31)27-19-12-13-23(32-2)22(15-19)28-14-8-7-11-24(28)30/h4-6,9-10,12-13,15-16H,3,7-8,11,14,17H2,1-2H3,(H,27,31). The molecule has 1 aliphatic rings. The lowest BCUT2D eigenvalue weighted by atomic mass is 10.1. The van der Waals surface area contributed by atoms with Crippen molar-refractivity contribution in [2.75, 3.05) is 23.9 Å². The molecule has 2 aromatic carbocycles. The molecule has 0 bridgehead atoms. The van der Waals surface area contributed by atoms with Crippen molar-refractivity contribution in [3.63, 3.8) is 0 Å². The van der Waals surface area contributed by atoms with Gasteiger partial charge in [0.1, 0.15) is 5.75 Å². The molecule has 2 amide bonds. The van der Waals surface area contributed by atoms with Crippen LogP contribution in [0.1, 0.15) is 47.8 Å². The Morgan fingerprint density at radius 3 is 2.69 bits per heavy atom. The molecule has 1 aromatic heterocycles. The molecule has 166 valence electrons. The number of nitrogens with zero attached hydrogens (tertiary/aromatic N) is 3. The molecule has 0 saturated carbocycles. The minimum Gasteiger partial charge on any atom is -0.495 e. The fourth-order valence-electron chi connectivity index (χ4n) is 4.10. The SMILES string of the molecule is CCc1c(C(=O)Nc2ccc(OC)c(N3CCCCC3=O)c2)cnn1Cc1ccccc1. The van der Waals surface area contributed by atoms with E-state index in [4.69, 9.17) is 4.74 Å². The molecular formula is C25H28N4O3. The number of methoxy groups -OCH3 is 1.